The van der Waals surface area contributed by atoms with Gasteiger partial charge >= 0.3 is 0 Å². The fourth-order valence-electron chi connectivity index (χ4n) is 5.31. The number of H-pyrrole nitrogens is 1. The molecule has 3 heterocycles. The van der Waals surface area contributed by atoms with Crippen LogP contribution >= 0.6 is 11.8 Å². The zero-order chi connectivity index (χ0) is 24.3. The van der Waals surface area contributed by atoms with Crippen molar-refractivity contribution < 1.29 is 14.4 Å². The number of hydrogen-bond acceptors (Lipinski definition) is 4. The monoisotopic (exact) mass is 488 g/mol. The van der Waals surface area contributed by atoms with Crippen molar-refractivity contribution in [2.45, 2.75) is 61.4 Å². The van der Waals surface area contributed by atoms with Crippen molar-refractivity contribution in [3.8, 4) is 0 Å². The van der Waals surface area contributed by atoms with E-state index in [1.54, 1.807) is 16.7 Å². The van der Waals surface area contributed by atoms with E-state index in [-0.39, 0.29) is 29.1 Å². The third kappa shape index (κ3) is 3.80. The summed E-state index contributed by atoms with van der Waals surface area (Å²) in [6, 6.07) is 14.3. The van der Waals surface area contributed by atoms with E-state index in [0.717, 1.165) is 34.9 Å². The second-order valence-corrected chi connectivity index (χ2v) is 11.9. The maximum Gasteiger partial charge on any atom is 0.256 e. The van der Waals surface area contributed by atoms with E-state index in [4.69, 9.17) is 0 Å². The molecule has 3 aliphatic rings. The number of aromatic amines is 1. The van der Waals surface area contributed by atoms with E-state index in [2.05, 4.69) is 15.6 Å². The topological polar surface area (TPSA) is 94.3 Å². The molecule has 1 saturated heterocycles. The minimum atomic E-state index is -0.734. The van der Waals surface area contributed by atoms with Gasteiger partial charge < -0.3 is 20.5 Å². The molecule has 1 saturated carbocycles. The lowest BCUT2D eigenvalue weighted by Crippen LogP contribution is -2.57. The Kier molecular flexibility index (Phi) is 5.18. The van der Waals surface area contributed by atoms with Crippen LogP contribution in [-0.4, -0.2) is 50.5 Å². The predicted octanol–water partition coefficient (Wildman–Crippen LogP) is 3.52. The van der Waals surface area contributed by atoms with Crippen LogP contribution in [0.1, 0.15) is 53.5 Å². The van der Waals surface area contributed by atoms with E-state index >= 15 is 0 Å². The third-order valence-corrected chi connectivity index (χ3v) is 8.74. The summed E-state index contributed by atoms with van der Waals surface area (Å²) < 4.78 is -0.504. The smallest absolute Gasteiger partial charge is 0.256 e. The van der Waals surface area contributed by atoms with E-state index in [9.17, 15) is 14.4 Å². The van der Waals surface area contributed by atoms with Crippen molar-refractivity contribution >= 4 is 40.4 Å². The average Bonchev–Trinajstić information content (AvgIpc) is 3.41. The van der Waals surface area contributed by atoms with Crippen LogP contribution < -0.4 is 10.6 Å². The summed E-state index contributed by atoms with van der Waals surface area (Å²) in [5.74, 6) is -0.594. The minimum absolute atomic E-state index is 0.126. The molecule has 3 aromatic rings. The Labute approximate surface area is 208 Å². The van der Waals surface area contributed by atoms with Crippen LogP contribution in [0.4, 0.5) is 0 Å². The van der Waals surface area contributed by atoms with Crippen LogP contribution in [-0.2, 0) is 16.0 Å². The molecular formula is C27H28N4O3S. The summed E-state index contributed by atoms with van der Waals surface area (Å²) in [6.07, 6.45) is 4.20. The highest BCUT2D eigenvalue weighted by molar-refractivity contribution is 8.01. The van der Waals surface area contributed by atoms with E-state index in [0.29, 0.717) is 12.0 Å². The lowest BCUT2D eigenvalue weighted by molar-refractivity contribution is -0.131. The number of carbonyl (C=O) groups excluding carboxylic acids is 3. The van der Waals surface area contributed by atoms with Crippen LogP contribution in [0.5, 0.6) is 0 Å². The molecule has 6 rings (SSSR count). The molecule has 3 amide bonds. The lowest BCUT2D eigenvalue weighted by atomic mass is 9.99. The van der Waals surface area contributed by atoms with Crippen LogP contribution in [0.15, 0.2) is 54.7 Å². The first kappa shape index (κ1) is 22.2. The first-order valence-electron chi connectivity index (χ1n) is 12.1. The number of nitrogens with one attached hydrogen (secondary N) is 3. The van der Waals surface area contributed by atoms with Gasteiger partial charge in [-0.15, -0.1) is 11.8 Å². The largest absolute Gasteiger partial charge is 0.361 e. The van der Waals surface area contributed by atoms with Gasteiger partial charge in [0.25, 0.3) is 5.91 Å². The lowest BCUT2D eigenvalue weighted by Gasteiger charge is -2.31. The molecule has 7 nitrogen and oxygen atoms in total. The fourth-order valence-corrected chi connectivity index (χ4v) is 6.90. The maximum atomic E-state index is 13.8. The second kappa shape index (κ2) is 8.16. The number of thioether (sulfide) groups is 1. The Morgan fingerprint density at radius 3 is 2.69 bits per heavy atom. The molecule has 1 aliphatic carbocycles. The number of rotatable bonds is 6. The Bertz CT molecular complexity index is 1340. The number of nitrogens with zero attached hydrogens (tertiary/aromatic N) is 1. The number of benzene rings is 2. The van der Waals surface area contributed by atoms with Gasteiger partial charge in [-0.3, -0.25) is 14.4 Å². The first-order chi connectivity index (χ1) is 16.8. The van der Waals surface area contributed by atoms with Gasteiger partial charge in [-0.25, -0.2) is 0 Å². The van der Waals surface area contributed by atoms with Crippen LogP contribution in [0.25, 0.3) is 10.9 Å². The number of aromatic nitrogens is 1. The third-order valence-electron chi connectivity index (χ3n) is 7.20. The number of para-hydroxylation sites is 1. The Morgan fingerprint density at radius 2 is 1.89 bits per heavy atom. The summed E-state index contributed by atoms with van der Waals surface area (Å²) in [5.41, 5.74) is 3.57. The van der Waals surface area contributed by atoms with Gasteiger partial charge in [-0.2, -0.15) is 0 Å². The summed E-state index contributed by atoms with van der Waals surface area (Å²) in [6.45, 7) is 3.99. The molecule has 0 spiro atoms. The van der Waals surface area contributed by atoms with Gasteiger partial charge in [0.05, 0.1) is 0 Å². The van der Waals surface area contributed by atoms with Crippen LogP contribution in [0, 0.1) is 0 Å². The van der Waals surface area contributed by atoms with Crippen molar-refractivity contribution in [3.05, 3.63) is 71.4 Å². The Balaban J connectivity index is 1.28. The van der Waals surface area contributed by atoms with Crippen molar-refractivity contribution in [2.24, 2.45) is 0 Å². The van der Waals surface area contributed by atoms with E-state index in [1.165, 1.54) is 0 Å². The summed E-state index contributed by atoms with van der Waals surface area (Å²) in [5, 5.41) is 6.93. The van der Waals surface area contributed by atoms with Crippen LogP contribution in [0.3, 0.4) is 0 Å². The van der Waals surface area contributed by atoms with Gasteiger partial charge in [0.2, 0.25) is 11.8 Å². The number of hydrogen-bond donors (Lipinski definition) is 3. The summed E-state index contributed by atoms with van der Waals surface area (Å²) >= 11 is 1.62. The Morgan fingerprint density at radius 1 is 1.14 bits per heavy atom. The maximum absolute atomic E-state index is 13.8. The molecule has 0 bridgehead atoms. The van der Waals surface area contributed by atoms with Crippen molar-refractivity contribution in [3.63, 3.8) is 0 Å². The van der Waals surface area contributed by atoms with Crippen molar-refractivity contribution in [2.75, 3.05) is 0 Å². The van der Waals surface area contributed by atoms with Crippen molar-refractivity contribution in [1.82, 2.24) is 20.5 Å². The standard InChI is InChI=1S/C27H28N4O3S/c1-27(2)22(31-25(34)18-8-3-4-9-19(18)26(31)35-27)24(33)30-21(23(32)29-16-11-12-16)13-15-14-28-20-10-6-5-7-17(15)20/h3-10,14,16,21-22,26,28H,11-13H2,1-2H3,(H,29,32)(H,30,33)/t21-,22-,26+/m0/s1. The highest BCUT2D eigenvalue weighted by atomic mass is 32.2. The molecule has 35 heavy (non-hydrogen) atoms. The molecule has 1 aromatic heterocycles. The zero-order valence-corrected chi connectivity index (χ0v) is 20.5. The van der Waals surface area contributed by atoms with E-state index in [1.807, 2.05) is 68.6 Å². The minimum Gasteiger partial charge on any atom is -0.361 e. The molecule has 180 valence electrons. The molecule has 8 heteroatoms. The molecule has 0 unspecified atom stereocenters. The average molecular weight is 489 g/mol. The fraction of sp³-hybridized carbons (Fsp3) is 0.370. The van der Waals surface area contributed by atoms with E-state index < -0.39 is 16.8 Å². The molecular weight excluding hydrogens is 460 g/mol. The Hall–Kier alpha value is -3.26. The highest BCUT2D eigenvalue weighted by Crippen LogP contribution is 2.56. The first-order valence-corrected chi connectivity index (χ1v) is 13.0. The zero-order valence-electron chi connectivity index (χ0n) is 19.7. The quantitative estimate of drug-likeness (QED) is 0.495. The number of carbonyl (C=O) groups is 3. The van der Waals surface area contributed by atoms with Gasteiger partial charge in [0.15, 0.2) is 0 Å². The molecule has 2 fully saturated rings. The normalized spacial score (nSPS) is 23.1. The predicted molar refractivity (Wildman–Crippen MR) is 136 cm³/mol. The van der Waals surface area contributed by atoms with Crippen LogP contribution in [0.2, 0.25) is 0 Å². The number of fused-ring (bicyclic) bond motifs is 4. The summed E-state index contributed by atoms with van der Waals surface area (Å²) in [7, 11) is 0. The molecule has 3 N–H and O–H groups in total. The van der Waals surface area contributed by atoms with Gasteiger partial charge in [-0.05, 0) is 49.9 Å². The van der Waals surface area contributed by atoms with Gasteiger partial charge in [0, 0.05) is 39.9 Å². The molecule has 0 radical (unpaired) electrons. The summed E-state index contributed by atoms with van der Waals surface area (Å²) in [4.78, 5) is 45.3. The second-order valence-electron chi connectivity index (χ2n) is 10.2. The SMILES string of the molecule is CC1(C)S[C@@H]2c3ccccc3C(=O)N2[C@H]1C(=O)N[C@@H](Cc1c[nH]c2ccccc12)C(=O)NC1CC1. The van der Waals surface area contributed by atoms with Gasteiger partial charge in [0.1, 0.15) is 17.5 Å². The molecule has 2 aromatic carbocycles. The molecule has 2 aliphatic heterocycles. The molecule has 3 atom stereocenters. The highest BCUT2D eigenvalue weighted by Gasteiger charge is 2.57. The van der Waals surface area contributed by atoms with Crippen molar-refractivity contribution in [1.29, 1.82) is 0 Å². The number of amides is 3. The van der Waals surface area contributed by atoms with Gasteiger partial charge in [-0.1, -0.05) is 36.4 Å².